The Morgan fingerprint density at radius 3 is 2.27 bits per heavy atom. The normalized spacial score (nSPS) is 14.0. The van der Waals surface area contributed by atoms with E-state index < -0.39 is 0 Å². The van der Waals surface area contributed by atoms with Crippen LogP contribution in [0, 0.1) is 0 Å². The van der Waals surface area contributed by atoms with Crippen LogP contribution in [0.2, 0.25) is 0 Å². The summed E-state index contributed by atoms with van der Waals surface area (Å²) in [4.78, 5) is 0. The summed E-state index contributed by atoms with van der Waals surface area (Å²) >= 11 is 0.00837. The Hall–Kier alpha value is -1.52. The number of aromatic nitrogens is 2. The van der Waals surface area contributed by atoms with Crippen LogP contribution >= 0.6 is 0 Å². The monoisotopic (exact) mass is 480 g/mol. The second-order valence-corrected chi connectivity index (χ2v) is 10.2. The zero-order chi connectivity index (χ0) is 21.4. The third-order valence-corrected chi connectivity index (χ3v) is 7.84. The topological polar surface area (TPSA) is 53.5 Å². The number of fused-ring (bicyclic) bond motifs is 3. The number of hydrogen-bond donors (Lipinski definition) is 0. The zero-order valence-corrected chi connectivity index (χ0v) is 20.7. The third kappa shape index (κ3) is 5.79. The van der Waals surface area contributed by atoms with Crippen molar-refractivity contribution in [1.82, 2.24) is 9.19 Å². The molecular formula is C24H36N2O3Se. The van der Waals surface area contributed by atoms with E-state index in [2.05, 4.69) is 30.0 Å². The predicted octanol–water partition coefficient (Wildman–Crippen LogP) is 6.14. The van der Waals surface area contributed by atoms with Gasteiger partial charge in [-0.3, -0.25) is 0 Å². The molecule has 2 heterocycles. The first-order valence-corrected chi connectivity index (χ1v) is 13.1. The van der Waals surface area contributed by atoms with Crippen LogP contribution in [0.5, 0.6) is 17.2 Å². The van der Waals surface area contributed by atoms with Crippen molar-refractivity contribution in [3.8, 4) is 28.5 Å². The van der Waals surface area contributed by atoms with E-state index in [0.717, 1.165) is 34.9 Å². The maximum absolute atomic E-state index is 6.28. The average molecular weight is 480 g/mol. The Morgan fingerprint density at radius 1 is 0.933 bits per heavy atom. The number of rotatable bonds is 13. The van der Waals surface area contributed by atoms with Crippen LogP contribution in [0.3, 0.4) is 0 Å². The van der Waals surface area contributed by atoms with E-state index in [1.807, 2.05) is 12.1 Å². The van der Waals surface area contributed by atoms with Gasteiger partial charge in [-0.25, -0.2) is 0 Å². The van der Waals surface area contributed by atoms with Gasteiger partial charge in [-0.2, -0.15) is 0 Å². The summed E-state index contributed by atoms with van der Waals surface area (Å²) in [6.45, 7) is 7.13. The van der Waals surface area contributed by atoms with Crippen molar-refractivity contribution >= 4 is 14.7 Å². The fourth-order valence-electron chi connectivity index (χ4n) is 3.94. The number of unbranched alkanes of at least 4 members (excludes halogenated alkanes) is 9. The van der Waals surface area contributed by atoms with Crippen LogP contribution in [0.15, 0.2) is 12.1 Å². The molecule has 0 amide bonds. The molecule has 1 aromatic heterocycles. The van der Waals surface area contributed by atoms with Crippen molar-refractivity contribution in [1.29, 1.82) is 0 Å². The molecule has 3 rings (SSSR count). The van der Waals surface area contributed by atoms with Gasteiger partial charge >= 0.3 is 142 Å². The SMILES string of the molecule is CCCCCCCCCCCCOc1cc2c(cc1OC)-c1nn[se]c1C(C)(C)O2. The van der Waals surface area contributed by atoms with E-state index in [4.69, 9.17) is 14.2 Å². The molecule has 0 saturated carbocycles. The first-order valence-electron chi connectivity index (χ1n) is 11.4. The molecule has 166 valence electrons. The molecule has 0 spiro atoms. The molecule has 0 saturated heterocycles. The second kappa shape index (κ2) is 11.2. The fourth-order valence-corrected chi connectivity index (χ4v) is 5.41. The van der Waals surface area contributed by atoms with E-state index in [0.29, 0.717) is 6.61 Å². The van der Waals surface area contributed by atoms with E-state index in [1.54, 1.807) is 7.11 Å². The number of methoxy groups -OCH3 is 1. The molecule has 0 unspecified atom stereocenters. The molecule has 0 N–H and O–H groups in total. The van der Waals surface area contributed by atoms with Crippen molar-refractivity contribution < 1.29 is 14.2 Å². The van der Waals surface area contributed by atoms with E-state index in [-0.39, 0.29) is 20.3 Å². The molecule has 0 atom stereocenters. The third-order valence-electron chi connectivity index (χ3n) is 5.68. The number of benzene rings is 1. The Balaban J connectivity index is 1.47. The van der Waals surface area contributed by atoms with Crippen molar-refractivity contribution in [2.45, 2.75) is 90.6 Å². The first-order chi connectivity index (χ1) is 14.6. The quantitative estimate of drug-likeness (QED) is 0.255. The number of nitrogens with zero attached hydrogens (tertiary/aromatic N) is 2. The Labute approximate surface area is 187 Å². The molecule has 0 bridgehead atoms. The molecule has 1 aromatic carbocycles. The van der Waals surface area contributed by atoms with Gasteiger partial charge < -0.3 is 0 Å². The van der Waals surface area contributed by atoms with E-state index in [9.17, 15) is 0 Å². The summed E-state index contributed by atoms with van der Waals surface area (Å²) < 4.78 is 23.4. The molecule has 5 nitrogen and oxygen atoms in total. The van der Waals surface area contributed by atoms with Gasteiger partial charge in [-0.15, -0.1) is 0 Å². The fraction of sp³-hybridized carbons (Fsp3) is 0.667. The first kappa shape index (κ1) is 23.1. The predicted molar refractivity (Wildman–Crippen MR) is 122 cm³/mol. The van der Waals surface area contributed by atoms with Crippen LogP contribution in [-0.2, 0) is 5.60 Å². The molecular weight excluding hydrogens is 443 g/mol. The summed E-state index contributed by atoms with van der Waals surface area (Å²) in [5.41, 5.74) is 1.52. The Morgan fingerprint density at radius 2 is 1.60 bits per heavy atom. The van der Waals surface area contributed by atoms with Gasteiger partial charge in [0.25, 0.3) is 0 Å². The van der Waals surface area contributed by atoms with Crippen LogP contribution in [0.25, 0.3) is 11.3 Å². The van der Waals surface area contributed by atoms with Gasteiger partial charge in [0, 0.05) is 0 Å². The summed E-state index contributed by atoms with van der Waals surface area (Å²) in [6.07, 6.45) is 13.2. The Kier molecular flexibility index (Phi) is 8.64. The van der Waals surface area contributed by atoms with Gasteiger partial charge in [0.2, 0.25) is 0 Å². The summed E-state index contributed by atoms with van der Waals surface area (Å²) in [7, 11) is 1.68. The number of hydrogen-bond acceptors (Lipinski definition) is 5. The van der Waals surface area contributed by atoms with Crippen molar-refractivity contribution in [3.05, 3.63) is 16.6 Å². The zero-order valence-electron chi connectivity index (χ0n) is 19.0. The molecule has 6 heteroatoms. The maximum atomic E-state index is 6.28. The average Bonchev–Trinajstić information content (AvgIpc) is 3.23. The van der Waals surface area contributed by atoms with Gasteiger partial charge in [0.05, 0.1) is 0 Å². The minimum atomic E-state index is -0.381. The summed E-state index contributed by atoms with van der Waals surface area (Å²) in [5.74, 6) is 2.27. The van der Waals surface area contributed by atoms with Crippen molar-refractivity contribution in [2.24, 2.45) is 0 Å². The minimum absolute atomic E-state index is 0.00837. The molecule has 0 radical (unpaired) electrons. The molecule has 2 aromatic rings. The van der Waals surface area contributed by atoms with Gasteiger partial charge in [-0.05, 0) is 0 Å². The molecule has 1 aliphatic heterocycles. The van der Waals surface area contributed by atoms with Crippen LogP contribution in [0.1, 0.15) is 89.4 Å². The second-order valence-electron chi connectivity index (χ2n) is 8.59. The van der Waals surface area contributed by atoms with Crippen molar-refractivity contribution in [3.63, 3.8) is 0 Å². The molecule has 0 aliphatic carbocycles. The van der Waals surface area contributed by atoms with E-state index in [1.165, 1.54) is 62.2 Å². The molecule has 1 aliphatic rings. The van der Waals surface area contributed by atoms with Gasteiger partial charge in [0.1, 0.15) is 0 Å². The summed E-state index contributed by atoms with van der Waals surface area (Å²) in [5, 5.41) is 4.39. The van der Waals surface area contributed by atoms with Gasteiger partial charge in [-0.1, -0.05) is 45.4 Å². The van der Waals surface area contributed by atoms with E-state index >= 15 is 0 Å². The van der Waals surface area contributed by atoms with Crippen LogP contribution in [-0.4, -0.2) is 37.6 Å². The Bertz CT molecular complexity index is 804. The summed E-state index contributed by atoms with van der Waals surface area (Å²) in [6, 6.07) is 3.94. The molecule has 0 fully saturated rings. The van der Waals surface area contributed by atoms with Crippen molar-refractivity contribution in [2.75, 3.05) is 13.7 Å². The standard InChI is InChI=1S/C24H36N2O3Se/c1-5-6-7-8-9-10-11-12-13-14-15-28-21-17-19-18(16-20(21)27-4)22-23(30-26-25-22)24(2,3)29-19/h16-17H,5-15H2,1-4H3. The van der Waals surface area contributed by atoms with Gasteiger partial charge in [0.15, 0.2) is 0 Å². The number of ether oxygens (including phenoxy) is 3. The molecule has 30 heavy (non-hydrogen) atoms. The van der Waals surface area contributed by atoms with Crippen LogP contribution in [0.4, 0.5) is 0 Å². The van der Waals surface area contributed by atoms with Crippen LogP contribution < -0.4 is 14.2 Å².